The number of hydrogen-bond acceptors (Lipinski definition) is 4. The lowest BCUT2D eigenvalue weighted by Crippen LogP contribution is -2.38. The lowest BCUT2D eigenvalue weighted by Gasteiger charge is -2.07. The summed E-state index contributed by atoms with van der Waals surface area (Å²) in [5.74, 6) is -0.737. The predicted octanol–water partition coefficient (Wildman–Crippen LogP) is -1.71. The third-order valence-corrected chi connectivity index (χ3v) is 2.05. The Kier molecular flexibility index (Phi) is 4.27. The fourth-order valence-electron chi connectivity index (χ4n) is 1.15. The fraction of sp³-hybridized carbons (Fsp3) is 0.300. The number of carbonyl (C=O) groups is 2. The topological polar surface area (TPSA) is 106 Å². The van der Waals surface area contributed by atoms with Crippen molar-refractivity contribution in [2.75, 3.05) is 19.3 Å². The number of rotatable bonds is 4. The molecule has 0 bridgehead atoms. The highest BCUT2D eigenvalue weighted by Gasteiger charge is 2.06. The minimum Gasteiger partial charge on any atom is -0.398 e. The molecule has 0 atom stereocenters. The van der Waals surface area contributed by atoms with Crippen molar-refractivity contribution in [2.45, 2.75) is 6.54 Å². The van der Waals surface area contributed by atoms with Gasteiger partial charge >= 0.3 is 0 Å². The third-order valence-electron chi connectivity index (χ3n) is 2.05. The first-order valence-electron chi connectivity index (χ1n) is 4.96. The van der Waals surface area contributed by atoms with Crippen molar-refractivity contribution in [1.29, 1.82) is 0 Å². The maximum Gasteiger partial charge on any atom is 0.251 e. The Balaban J connectivity index is 2.59. The van der Waals surface area contributed by atoms with Crippen molar-refractivity contribution in [3.63, 3.8) is 0 Å². The molecule has 1 rings (SSSR count). The number of amides is 2. The Hall–Kier alpha value is -2.31. The average molecular weight is 238 g/mol. The highest BCUT2D eigenvalue weighted by Crippen LogP contribution is 1.95. The molecule has 0 radical (unpaired) electrons. The number of anilines is 1. The number of nitrogens with zero attached hydrogens (tertiary/aromatic N) is 1. The van der Waals surface area contributed by atoms with Gasteiger partial charge in [-0.25, -0.2) is 0 Å². The number of hydrogen-bond donors (Lipinski definition) is 3. The second kappa shape index (κ2) is 5.69. The van der Waals surface area contributed by atoms with Crippen LogP contribution in [0.4, 0.5) is 5.69 Å². The van der Waals surface area contributed by atoms with E-state index in [4.69, 9.17) is 5.73 Å². The quantitative estimate of drug-likeness (QED) is 0.580. The zero-order chi connectivity index (χ0) is 12.8. The van der Waals surface area contributed by atoms with Crippen molar-refractivity contribution in [3.05, 3.63) is 28.7 Å². The molecule has 1 aromatic rings. The monoisotopic (exact) mass is 238 g/mol. The Labute approximate surface area is 97.6 Å². The van der Waals surface area contributed by atoms with Crippen LogP contribution in [0.15, 0.2) is 23.1 Å². The Morgan fingerprint density at radius 1 is 1.35 bits per heavy atom. The molecule has 0 saturated heterocycles. The van der Waals surface area contributed by atoms with Gasteiger partial charge in [0.05, 0.1) is 6.54 Å². The van der Waals surface area contributed by atoms with Crippen LogP contribution in [0.1, 0.15) is 0 Å². The van der Waals surface area contributed by atoms with Crippen LogP contribution in [0.2, 0.25) is 0 Å². The molecule has 7 nitrogen and oxygen atoms in total. The molecule has 1 heterocycles. The van der Waals surface area contributed by atoms with Gasteiger partial charge in [-0.1, -0.05) is 0 Å². The van der Waals surface area contributed by atoms with Crippen LogP contribution in [0, 0.1) is 0 Å². The number of carbonyl (C=O) groups excluding carboxylic acids is 2. The summed E-state index contributed by atoms with van der Waals surface area (Å²) in [5.41, 5.74) is 5.56. The van der Waals surface area contributed by atoms with E-state index in [2.05, 4.69) is 10.6 Å². The van der Waals surface area contributed by atoms with Gasteiger partial charge in [-0.2, -0.15) is 0 Å². The van der Waals surface area contributed by atoms with Gasteiger partial charge in [0.1, 0.15) is 6.54 Å². The zero-order valence-corrected chi connectivity index (χ0v) is 9.40. The Morgan fingerprint density at radius 3 is 2.71 bits per heavy atom. The predicted molar refractivity (Wildman–Crippen MR) is 62.2 cm³/mol. The molecule has 0 spiro atoms. The lowest BCUT2D eigenvalue weighted by atomic mass is 10.4. The zero-order valence-electron chi connectivity index (χ0n) is 9.40. The molecular weight excluding hydrogens is 224 g/mol. The summed E-state index contributed by atoms with van der Waals surface area (Å²) in [6, 6.07) is 2.74. The van der Waals surface area contributed by atoms with E-state index in [1.165, 1.54) is 29.9 Å². The van der Waals surface area contributed by atoms with E-state index in [-0.39, 0.29) is 24.6 Å². The largest absolute Gasteiger partial charge is 0.398 e. The summed E-state index contributed by atoms with van der Waals surface area (Å²) in [6.45, 7) is -0.284. The van der Waals surface area contributed by atoms with Gasteiger partial charge in [-0.3, -0.25) is 14.4 Å². The van der Waals surface area contributed by atoms with E-state index in [0.717, 1.165) is 0 Å². The van der Waals surface area contributed by atoms with Crippen LogP contribution >= 0.6 is 0 Å². The molecule has 7 heteroatoms. The number of aromatic nitrogens is 1. The molecule has 17 heavy (non-hydrogen) atoms. The van der Waals surface area contributed by atoms with Crippen molar-refractivity contribution in [3.8, 4) is 0 Å². The molecule has 2 amide bonds. The van der Waals surface area contributed by atoms with Gasteiger partial charge in [-0.15, -0.1) is 0 Å². The molecule has 0 aliphatic carbocycles. The normalized spacial score (nSPS) is 9.71. The number of nitrogen functional groups attached to an aromatic ring is 1. The smallest absolute Gasteiger partial charge is 0.251 e. The van der Waals surface area contributed by atoms with Crippen molar-refractivity contribution in [1.82, 2.24) is 15.2 Å². The van der Waals surface area contributed by atoms with E-state index < -0.39 is 5.91 Å². The van der Waals surface area contributed by atoms with E-state index in [9.17, 15) is 14.4 Å². The summed E-state index contributed by atoms with van der Waals surface area (Å²) in [5, 5.41) is 4.74. The number of nitrogens with two attached hydrogens (primary N) is 1. The summed E-state index contributed by atoms with van der Waals surface area (Å²) in [4.78, 5) is 33.6. The standard InChI is InChI=1S/C10H14N4O3/c1-12-8(15)4-13-9(16)6-14-5-7(11)2-3-10(14)17/h2-3,5H,4,6,11H2,1H3,(H,12,15)(H,13,16). The van der Waals surface area contributed by atoms with Crippen LogP contribution in [0.3, 0.4) is 0 Å². The minimum atomic E-state index is -0.429. The van der Waals surface area contributed by atoms with Crippen molar-refractivity contribution >= 4 is 17.5 Å². The van der Waals surface area contributed by atoms with Gasteiger partial charge in [0, 0.05) is 25.0 Å². The summed E-state index contributed by atoms with van der Waals surface area (Å²) in [7, 11) is 1.47. The molecule has 0 aliphatic heterocycles. The third kappa shape index (κ3) is 3.98. The highest BCUT2D eigenvalue weighted by atomic mass is 16.2. The van der Waals surface area contributed by atoms with Crippen LogP contribution in [0.5, 0.6) is 0 Å². The Bertz CT molecular complexity index is 481. The van der Waals surface area contributed by atoms with Crippen LogP contribution in [0.25, 0.3) is 0 Å². The molecule has 4 N–H and O–H groups in total. The van der Waals surface area contributed by atoms with E-state index in [1.807, 2.05) is 0 Å². The van der Waals surface area contributed by atoms with Crippen LogP contribution in [-0.4, -0.2) is 30.0 Å². The van der Waals surface area contributed by atoms with Crippen LogP contribution in [-0.2, 0) is 16.1 Å². The Morgan fingerprint density at radius 2 is 2.06 bits per heavy atom. The first kappa shape index (κ1) is 12.8. The van der Waals surface area contributed by atoms with Crippen molar-refractivity contribution in [2.24, 2.45) is 0 Å². The number of pyridine rings is 1. The summed E-state index contributed by atoms with van der Waals surface area (Å²) >= 11 is 0. The first-order valence-corrected chi connectivity index (χ1v) is 4.96. The summed E-state index contributed by atoms with van der Waals surface area (Å²) in [6.07, 6.45) is 1.38. The molecule has 92 valence electrons. The van der Waals surface area contributed by atoms with Gasteiger partial charge in [0.15, 0.2) is 0 Å². The number of likely N-dealkylation sites (N-methyl/N-ethyl adjacent to an activating group) is 1. The van der Waals surface area contributed by atoms with Crippen LogP contribution < -0.4 is 21.9 Å². The fourth-order valence-corrected chi connectivity index (χ4v) is 1.15. The molecular formula is C10H14N4O3. The van der Waals surface area contributed by atoms with Gasteiger partial charge in [-0.05, 0) is 6.07 Å². The lowest BCUT2D eigenvalue weighted by molar-refractivity contribution is -0.126. The van der Waals surface area contributed by atoms with Crippen molar-refractivity contribution < 1.29 is 9.59 Å². The first-order chi connectivity index (χ1) is 8.02. The van der Waals surface area contributed by atoms with Gasteiger partial charge in [0.2, 0.25) is 11.8 Å². The van der Waals surface area contributed by atoms with E-state index in [0.29, 0.717) is 5.69 Å². The van der Waals surface area contributed by atoms with Gasteiger partial charge < -0.3 is 20.9 Å². The minimum absolute atomic E-state index is 0.119. The van der Waals surface area contributed by atoms with E-state index in [1.54, 1.807) is 0 Å². The molecule has 0 aliphatic rings. The maximum atomic E-state index is 11.4. The number of nitrogens with one attached hydrogen (secondary N) is 2. The van der Waals surface area contributed by atoms with E-state index >= 15 is 0 Å². The van der Waals surface area contributed by atoms with Gasteiger partial charge in [0.25, 0.3) is 5.56 Å². The SMILES string of the molecule is CNC(=O)CNC(=O)Cn1cc(N)ccc1=O. The second-order valence-corrected chi connectivity index (χ2v) is 3.38. The molecule has 0 saturated carbocycles. The highest BCUT2D eigenvalue weighted by molar-refractivity contribution is 5.84. The molecule has 0 unspecified atom stereocenters. The second-order valence-electron chi connectivity index (χ2n) is 3.38. The maximum absolute atomic E-state index is 11.4. The molecule has 0 fully saturated rings. The summed E-state index contributed by atoms with van der Waals surface area (Å²) < 4.78 is 1.18. The molecule has 0 aromatic carbocycles. The average Bonchev–Trinajstić information content (AvgIpc) is 2.30. The molecule has 1 aromatic heterocycles.